The molecule has 0 aromatic carbocycles. The highest BCUT2D eigenvalue weighted by molar-refractivity contribution is 7.89. The summed E-state index contributed by atoms with van der Waals surface area (Å²) in [4.78, 5) is 0. The monoisotopic (exact) mass is 203 g/mol. The lowest BCUT2D eigenvalue weighted by Crippen LogP contribution is -2.38. The molecule has 0 aromatic heterocycles. The van der Waals surface area contributed by atoms with Crippen LogP contribution >= 0.6 is 0 Å². The zero-order valence-corrected chi connectivity index (χ0v) is 8.59. The van der Waals surface area contributed by atoms with Gasteiger partial charge in [-0.05, 0) is 30.6 Å². The van der Waals surface area contributed by atoms with E-state index >= 15 is 0 Å². The van der Waals surface area contributed by atoms with E-state index in [-0.39, 0.29) is 5.75 Å². The maximum atomic E-state index is 10.8. The number of rotatable bonds is 3. The van der Waals surface area contributed by atoms with Gasteiger partial charge in [-0.15, -0.1) is 0 Å². The molecule has 0 aromatic rings. The smallest absolute Gasteiger partial charge is 0.209 e. The molecule has 2 aliphatic rings. The van der Waals surface area contributed by atoms with E-state index in [0.29, 0.717) is 5.92 Å². The third-order valence-corrected chi connectivity index (χ3v) is 4.49. The van der Waals surface area contributed by atoms with Gasteiger partial charge in [-0.2, -0.15) is 0 Å². The van der Waals surface area contributed by atoms with Gasteiger partial charge in [0.15, 0.2) is 0 Å². The van der Waals surface area contributed by atoms with Gasteiger partial charge in [-0.25, -0.2) is 13.6 Å². The van der Waals surface area contributed by atoms with Gasteiger partial charge in [0.05, 0.1) is 5.75 Å². The lowest BCUT2D eigenvalue weighted by Gasteiger charge is -2.44. The van der Waals surface area contributed by atoms with Crippen LogP contribution in [-0.2, 0) is 10.0 Å². The Balaban J connectivity index is 1.72. The van der Waals surface area contributed by atoms with E-state index < -0.39 is 10.0 Å². The Morgan fingerprint density at radius 2 is 1.77 bits per heavy atom. The molecule has 2 N–H and O–H groups in total. The van der Waals surface area contributed by atoms with Gasteiger partial charge in [0, 0.05) is 0 Å². The Kier molecular flexibility index (Phi) is 2.36. The first-order chi connectivity index (χ1) is 6.04. The summed E-state index contributed by atoms with van der Waals surface area (Å²) in [5, 5.41) is 4.99. The first-order valence-electron chi connectivity index (χ1n) is 5.05. The van der Waals surface area contributed by atoms with Crippen LogP contribution in [0.2, 0.25) is 0 Å². The number of sulfonamides is 1. The summed E-state index contributed by atoms with van der Waals surface area (Å²) < 4.78 is 21.5. The van der Waals surface area contributed by atoms with Crippen molar-refractivity contribution in [2.45, 2.75) is 32.1 Å². The number of primary sulfonamides is 1. The highest BCUT2D eigenvalue weighted by Crippen LogP contribution is 2.46. The number of hydrogen-bond acceptors (Lipinski definition) is 2. The topological polar surface area (TPSA) is 60.2 Å². The molecule has 0 heterocycles. The minimum atomic E-state index is -3.22. The van der Waals surface area contributed by atoms with Crippen LogP contribution in [0.4, 0.5) is 0 Å². The van der Waals surface area contributed by atoms with Crippen molar-refractivity contribution in [2.75, 3.05) is 5.75 Å². The van der Waals surface area contributed by atoms with Gasteiger partial charge in [-0.1, -0.05) is 19.3 Å². The third-order valence-electron chi connectivity index (χ3n) is 3.56. The highest BCUT2D eigenvalue weighted by Gasteiger charge is 2.38. The first-order valence-corrected chi connectivity index (χ1v) is 6.76. The normalized spacial score (nSPS) is 35.2. The molecule has 0 aliphatic heterocycles. The maximum absolute atomic E-state index is 10.8. The van der Waals surface area contributed by atoms with Gasteiger partial charge >= 0.3 is 0 Å². The molecule has 2 fully saturated rings. The lowest BCUT2D eigenvalue weighted by molar-refractivity contribution is 0.0846. The Morgan fingerprint density at radius 1 is 1.15 bits per heavy atom. The molecule has 0 amide bonds. The van der Waals surface area contributed by atoms with Crippen molar-refractivity contribution in [3.63, 3.8) is 0 Å². The molecule has 0 bridgehead atoms. The number of nitrogens with two attached hydrogens (primary N) is 1. The van der Waals surface area contributed by atoms with Crippen molar-refractivity contribution in [1.82, 2.24) is 0 Å². The van der Waals surface area contributed by atoms with E-state index in [2.05, 4.69) is 0 Å². The van der Waals surface area contributed by atoms with E-state index in [0.717, 1.165) is 24.7 Å². The van der Waals surface area contributed by atoms with Crippen LogP contribution in [0.25, 0.3) is 0 Å². The molecule has 4 heteroatoms. The van der Waals surface area contributed by atoms with Crippen LogP contribution in [0.15, 0.2) is 0 Å². The van der Waals surface area contributed by atoms with Crippen LogP contribution in [-0.4, -0.2) is 14.2 Å². The first kappa shape index (κ1) is 9.46. The van der Waals surface area contributed by atoms with E-state index in [9.17, 15) is 8.42 Å². The van der Waals surface area contributed by atoms with Crippen molar-refractivity contribution < 1.29 is 8.42 Å². The average molecular weight is 203 g/mol. The van der Waals surface area contributed by atoms with E-state index in [4.69, 9.17) is 5.14 Å². The van der Waals surface area contributed by atoms with Gasteiger partial charge in [0.1, 0.15) is 0 Å². The standard InChI is InChI=1S/C9H17NO2S/c10-13(11,12)6-7-4-9(5-7)8-2-1-3-8/h7-9H,1-6H2,(H2,10,11,12). The van der Waals surface area contributed by atoms with Crippen LogP contribution in [0.1, 0.15) is 32.1 Å². The zero-order valence-electron chi connectivity index (χ0n) is 7.78. The molecule has 0 saturated heterocycles. The summed E-state index contributed by atoms with van der Waals surface area (Å²) in [5.74, 6) is 2.30. The second-order valence-electron chi connectivity index (χ2n) is 4.62. The van der Waals surface area contributed by atoms with Gasteiger partial charge in [0.25, 0.3) is 0 Å². The third kappa shape index (κ3) is 2.23. The Hall–Kier alpha value is -0.0900. The van der Waals surface area contributed by atoms with Gasteiger partial charge in [0.2, 0.25) is 10.0 Å². The van der Waals surface area contributed by atoms with Crippen LogP contribution in [0.3, 0.4) is 0 Å². The summed E-state index contributed by atoms with van der Waals surface area (Å²) in [6.07, 6.45) is 6.31. The molecule has 3 nitrogen and oxygen atoms in total. The summed E-state index contributed by atoms with van der Waals surface area (Å²) in [6.45, 7) is 0. The molecule has 0 spiro atoms. The van der Waals surface area contributed by atoms with E-state index in [1.165, 1.54) is 19.3 Å². The van der Waals surface area contributed by atoms with E-state index in [1.807, 2.05) is 0 Å². The van der Waals surface area contributed by atoms with Crippen molar-refractivity contribution in [1.29, 1.82) is 0 Å². The SMILES string of the molecule is NS(=O)(=O)CC1CC(C2CCC2)C1. The summed E-state index contributed by atoms with van der Waals surface area (Å²) in [7, 11) is -3.22. The summed E-state index contributed by atoms with van der Waals surface area (Å²) in [6, 6.07) is 0. The average Bonchev–Trinajstić information content (AvgIpc) is 1.75. The molecule has 2 rings (SSSR count). The lowest BCUT2D eigenvalue weighted by atomic mass is 9.63. The van der Waals surface area contributed by atoms with Crippen molar-refractivity contribution >= 4 is 10.0 Å². The summed E-state index contributed by atoms with van der Waals surface area (Å²) >= 11 is 0. The van der Waals surface area contributed by atoms with Crippen LogP contribution < -0.4 is 5.14 Å². The van der Waals surface area contributed by atoms with Crippen LogP contribution in [0.5, 0.6) is 0 Å². The van der Waals surface area contributed by atoms with Crippen molar-refractivity contribution in [3.8, 4) is 0 Å². The summed E-state index contributed by atoms with van der Waals surface area (Å²) in [5.41, 5.74) is 0. The quantitative estimate of drug-likeness (QED) is 0.746. The molecular formula is C9H17NO2S. The van der Waals surface area contributed by atoms with Crippen LogP contribution in [0, 0.1) is 17.8 Å². The second-order valence-corrected chi connectivity index (χ2v) is 6.28. The van der Waals surface area contributed by atoms with Gasteiger partial charge in [-0.3, -0.25) is 0 Å². The minimum absolute atomic E-state index is 0.205. The fourth-order valence-corrected chi connectivity index (χ4v) is 3.48. The molecule has 0 unspecified atom stereocenters. The predicted molar refractivity (Wildman–Crippen MR) is 51.5 cm³/mol. The Bertz CT molecular complexity index is 276. The second kappa shape index (κ2) is 3.24. The fraction of sp³-hybridized carbons (Fsp3) is 1.00. The van der Waals surface area contributed by atoms with Crippen molar-refractivity contribution in [3.05, 3.63) is 0 Å². The zero-order chi connectivity index (χ0) is 9.47. The van der Waals surface area contributed by atoms with Crippen molar-refractivity contribution in [2.24, 2.45) is 22.9 Å². The van der Waals surface area contributed by atoms with E-state index in [1.54, 1.807) is 0 Å². The molecule has 13 heavy (non-hydrogen) atoms. The molecule has 0 radical (unpaired) electrons. The number of hydrogen-bond donors (Lipinski definition) is 1. The fourth-order valence-electron chi connectivity index (χ4n) is 2.55. The molecule has 0 atom stereocenters. The highest BCUT2D eigenvalue weighted by atomic mass is 32.2. The van der Waals surface area contributed by atoms with Gasteiger partial charge < -0.3 is 0 Å². The molecular weight excluding hydrogens is 186 g/mol. The molecule has 76 valence electrons. The largest absolute Gasteiger partial charge is 0.229 e. The molecule has 2 aliphatic carbocycles. The maximum Gasteiger partial charge on any atom is 0.209 e. The Morgan fingerprint density at radius 3 is 2.15 bits per heavy atom. The predicted octanol–water partition coefficient (Wildman–Crippen LogP) is 1.10. The minimum Gasteiger partial charge on any atom is -0.229 e. The Labute approximate surface area is 79.7 Å². The molecule has 2 saturated carbocycles.